The van der Waals surface area contributed by atoms with Gasteiger partial charge in [0.1, 0.15) is 11.9 Å². The Hall–Kier alpha value is -1.99. The number of nitrogens with zero attached hydrogens (tertiary/aromatic N) is 3. The topological polar surface area (TPSA) is 67.3 Å². The number of nitrogens with one attached hydrogen (secondary N) is 1. The van der Waals surface area contributed by atoms with Crippen LogP contribution in [0, 0.1) is 6.92 Å². The number of amides is 1. The molecule has 1 amide bonds. The van der Waals surface area contributed by atoms with Crippen molar-refractivity contribution in [3.63, 3.8) is 0 Å². The van der Waals surface area contributed by atoms with Crippen LogP contribution >= 0.6 is 11.5 Å². The summed E-state index contributed by atoms with van der Waals surface area (Å²) in [7, 11) is 1.63. The van der Waals surface area contributed by atoms with E-state index < -0.39 is 0 Å². The third-order valence-corrected chi connectivity index (χ3v) is 5.14. The molecule has 3 rings (SSSR count). The Morgan fingerprint density at radius 1 is 1.40 bits per heavy atom. The van der Waals surface area contributed by atoms with Crippen LogP contribution in [0.25, 0.3) is 0 Å². The average molecular weight is 360 g/mol. The summed E-state index contributed by atoms with van der Waals surface area (Å²) in [4.78, 5) is 19.1. The normalized spacial score (nSPS) is 17.0. The van der Waals surface area contributed by atoms with Crippen LogP contribution in [0.1, 0.15) is 29.8 Å². The van der Waals surface area contributed by atoms with Gasteiger partial charge in [0.25, 0.3) is 0 Å². The van der Waals surface area contributed by atoms with Gasteiger partial charge in [0.2, 0.25) is 11.0 Å². The summed E-state index contributed by atoms with van der Waals surface area (Å²) in [5.74, 6) is 0.860. The van der Waals surface area contributed by atoms with Crippen molar-refractivity contribution in [3.8, 4) is 0 Å². The highest BCUT2D eigenvalue weighted by Crippen LogP contribution is 2.27. The molecule has 25 heavy (non-hydrogen) atoms. The number of aromatic nitrogens is 2. The molecule has 7 heteroatoms. The Morgan fingerprint density at radius 3 is 2.96 bits per heavy atom. The van der Waals surface area contributed by atoms with Crippen LogP contribution in [-0.2, 0) is 16.0 Å². The van der Waals surface area contributed by atoms with E-state index in [0.29, 0.717) is 13.2 Å². The van der Waals surface area contributed by atoms with E-state index in [4.69, 9.17) is 4.74 Å². The van der Waals surface area contributed by atoms with E-state index in [-0.39, 0.29) is 11.9 Å². The van der Waals surface area contributed by atoms with E-state index in [1.54, 1.807) is 7.11 Å². The van der Waals surface area contributed by atoms with E-state index in [9.17, 15) is 4.79 Å². The first-order valence-electron chi connectivity index (χ1n) is 8.59. The van der Waals surface area contributed by atoms with Crippen molar-refractivity contribution in [1.29, 1.82) is 0 Å². The molecule has 0 spiro atoms. The van der Waals surface area contributed by atoms with Crippen LogP contribution in [-0.4, -0.2) is 48.1 Å². The van der Waals surface area contributed by atoms with Gasteiger partial charge in [-0.3, -0.25) is 4.79 Å². The molecule has 0 saturated carbocycles. The predicted molar refractivity (Wildman–Crippen MR) is 99.1 cm³/mol. The standard InChI is InChI=1S/C18H24N4O2S/c1-13-5-7-14(8-6-13)12-16-20-18(25-21-16)22-10-3-4-15(22)17(23)19-9-11-24-2/h5-8,15H,3-4,9-12H2,1-2H3,(H,19,23). The molecule has 0 radical (unpaired) electrons. The highest BCUT2D eigenvalue weighted by Gasteiger charge is 2.32. The number of ether oxygens (including phenoxy) is 1. The number of methoxy groups -OCH3 is 1. The van der Waals surface area contributed by atoms with Crippen molar-refractivity contribution >= 4 is 22.6 Å². The average Bonchev–Trinajstić information content (AvgIpc) is 3.26. The van der Waals surface area contributed by atoms with Gasteiger partial charge in [-0.1, -0.05) is 29.8 Å². The van der Waals surface area contributed by atoms with Crippen LogP contribution < -0.4 is 10.2 Å². The van der Waals surface area contributed by atoms with E-state index >= 15 is 0 Å². The number of anilines is 1. The Bertz CT molecular complexity index is 701. The third kappa shape index (κ3) is 4.55. The molecule has 1 atom stereocenters. The zero-order chi connectivity index (χ0) is 17.6. The Kier molecular flexibility index (Phi) is 5.99. The molecule has 1 fully saturated rings. The Balaban J connectivity index is 1.64. The summed E-state index contributed by atoms with van der Waals surface area (Å²) in [5, 5.41) is 3.77. The van der Waals surface area contributed by atoms with Crippen molar-refractivity contribution in [2.24, 2.45) is 0 Å². The smallest absolute Gasteiger partial charge is 0.242 e. The van der Waals surface area contributed by atoms with Crippen LogP contribution in [0.2, 0.25) is 0 Å². The quantitative estimate of drug-likeness (QED) is 0.767. The van der Waals surface area contributed by atoms with Gasteiger partial charge in [0.05, 0.1) is 6.61 Å². The summed E-state index contributed by atoms with van der Waals surface area (Å²) in [5.41, 5.74) is 2.44. The number of carbonyl (C=O) groups is 1. The molecule has 6 nitrogen and oxygen atoms in total. The minimum Gasteiger partial charge on any atom is -0.383 e. The SMILES string of the molecule is COCCNC(=O)C1CCCN1c1nc(Cc2ccc(C)cc2)ns1. The van der Waals surface area contributed by atoms with Crippen molar-refractivity contribution in [2.75, 3.05) is 31.7 Å². The van der Waals surface area contributed by atoms with Crippen molar-refractivity contribution in [1.82, 2.24) is 14.7 Å². The van der Waals surface area contributed by atoms with E-state index in [2.05, 4.69) is 50.8 Å². The van der Waals surface area contributed by atoms with Gasteiger partial charge in [-0.2, -0.15) is 4.37 Å². The van der Waals surface area contributed by atoms with Crippen LogP contribution in [0.4, 0.5) is 5.13 Å². The minimum absolute atomic E-state index is 0.0461. The zero-order valence-electron chi connectivity index (χ0n) is 14.7. The first kappa shape index (κ1) is 17.8. The molecule has 2 heterocycles. The molecule has 1 N–H and O–H groups in total. The Morgan fingerprint density at radius 2 is 2.20 bits per heavy atom. The van der Waals surface area contributed by atoms with Gasteiger partial charge in [0.15, 0.2) is 0 Å². The zero-order valence-corrected chi connectivity index (χ0v) is 15.5. The minimum atomic E-state index is -0.156. The second-order valence-electron chi connectivity index (χ2n) is 6.29. The first-order chi connectivity index (χ1) is 12.2. The van der Waals surface area contributed by atoms with Crippen molar-refractivity contribution in [2.45, 2.75) is 32.2 Å². The summed E-state index contributed by atoms with van der Waals surface area (Å²) in [6.07, 6.45) is 2.57. The number of benzene rings is 1. The summed E-state index contributed by atoms with van der Waals surface area (Å²) in [6, 6.07) is 8.26. The number of hydrogen-bond donors (Lipinski definition) is 1. The molecule has 134 valence electrons. The molecule has 1 aliphatic heterocycles. The maximum Gasteiger partial charge on any atom is 0.242 e. The molecule has 1 aromatic heterocycles. The lowest BCUT2D eigenvalue weighted by Gasteiger charge is -2.22. The second kappa shape index (κ2) is 8.40. The summed E-state index contributed by atoms with van der Waals surface area (Å²) in [6.45, 7) is 3.99. The van der Waals surface area contributed by atoms with Crippen molar-refractivity contribution in [3.05, 3.63) is 41.2 Å². The van der Waals surface area contributed by atoms with Gasteiger partial charge in [-0.25, -0.2) is 4.98 Å². The molecule has 1 unspecified atom stereocenters. The largest absolute Gasteiger partial charge is 0.383 e. The van der Waals surface area contributed by atoms with Gasteiger partial charge in [0, 0.05) is 38.2 Å². The Labute approximate surface area is 152 Å². The fourth-order valence-electron chi connectivity index (χ4n) is 2.98. The van der Waals surface area contributed by atoms with Gasteiger partial charge >= 0.3 is 0 Å². The predicted octanol–water partition coefficient (Wildman–Crippen LogP) is 2.17. The van der Waals surface area contributed by atoms with Crippen LogP contribution in [0.3, 0.4) is 0 Å². The molecule has 1 aromatic carbocycles. The van der Waals surface area contributed by atoms with Crippen LogP contribution in [0.5, 0.6) is 0 Å². The summed E-state index contributed by atoms with van der Waals surface area (Å²) < 4.78 is 9.47. The van der Waals surface area contributed by atoms with E-state index in [0.717, 1.165) is 36.8 Å². The molecule has 1 aliphatic rings. The van der Waals surface area contributed by atoms with Gasteiger partial charge < -0.3 is 15.0 Å². The molecular formula is C18H24N4O2S. The van der Waals surface area contributed by atoms with Gasteiger partial charge in [-0.15, -0.1) is 0 Å². The summed E-state index contributed by atoms with van der Waals surface area (Å²) >= 11 is 1.38. The monoisotopic (exact) mass is 360 g/mol. The first-order valence-corrected chi connectivity index (χ1v) is 9.36. The molecule has 0 aliphatic carbocycles. The number of hydrogen-bond acceptors (Lipinski definition) is 6. The van der Waals surface area contributed by atoms with Crippen molar-refractivity contribution < 1.29 is 9.53 Å². The maximum atomic E-state index is 12.4. The van der Waals surface area contributed by atoms with Gasteiger partial charge in [-0.05, 0) is 25.3 Å². The lowest BCUT2D eigenvalue weighted by molar-refractivity contribution is -0.122. The fourth-order valence-corrected chi connectivity index (χ4v) is 3.75. The number of aryl methyl sites for hydroxylation is 1. The molecular weight excluding hydrogens is 336 g/mol. The van der Waals surface area contributed by atoms with Crippen LogP contribution in [0.15, 0.2) is 24.3 Å². The van der Waals surface area contributed by atoms with E-state index in [1.165, 1.54) is 22.7 Å². The third-order valence-electron chi connectivity index (χ3n) is 4.35. The highest BCUT2D eigenvalue weighted by atomic mass is 32.1. The number of carbonyl (C=O) groups excluding carboxylic acids is 1. The lowest BCUT2D eigenvalue weighted by atomic mass is 10.1. The molecule has 2 aromatic rings. The highest BCUT2D eigenvalue weighted by molar-refractivity contribution is 7.09. The maximum absolute atomic E-state index is 12.4. The van der Waals surface area contributed by atoms with E-state index in [1.807, 2.05) is 0 Å². The molecule has 1 saturated heterocycles. The number of rotatable bonds is 7. The fraction of sp³-hybridized carbons (Fsp3) is 0.500. The molecule has 0 bridgehead atoms. The second-order valence-corrected chi connectivity index (χ2v) is 7.02. The lowest BCUT2D eigenvalue weighted by Crippen LogP contribution is -2.44.